The van der Waals surface area contributed by atoms with Gasteiger partial charge in [-0.2, -0.15) is 0 Å². The van der Waals surface area contributed by atoms with Crippen molar-refractivity contribution in [2.45, 2.75) is 0 Å². The van der Waals surface area contributed by atoms with Crippen LogP contribution >= 0.6 is 28.3 Å². The molecule has 0 bridgehead atoms. The Morgan fingerprint density at radius 3 is 2.75 bits per heavy atom. The molecule has 0 spiro atoms. The molecule has 68 valence electrons. The van der Waals surface area contributed by atoms with Crippen molar-refractivity contribution in [2.75, 3.05) is 18.4 Å². The van der Waals surface area contributed by atoms with Crippen LogP contribution in [0.25, 0.3) is 0 Å². The lowest BCUT2D eigenvalue weighted by Gasteiger charge is -2.01. The number of anilines is 1. The van der Waals surface area contributed by atoms with E-state index in [1.807, 2.05) is 12.1 Å². The zero-order valence-electron chi connectivity index (χ0n) is 6.46. The quantitative estimate of drug-likeness (QED) is 0.860. The topological polar surface area (TPSA) is 50.9 Å². The summed E-state index contributed by atoms with van der Waals surface area (Å²) < 4.78 is 0.982. The van der Waals surface area contributed by atoms with Crippen LogP contribution in [0.1, 0.15) is 0 Å². The first kappa shape index (κ1) is 11.7. The van der Waals surface area contributed by atoms with Crippen molar-refractivity contribution in [2.24, 2.45) is 5.73 Å². The number of aromatic nitrogens is 1. The third kappa shape index (κ3) is 3.90. The highest BCUT2D eigenvalue weighted by Gasteiger charge is 1.90. The van der Waals surface area contributed by atoms with Crippen LogP contribution in [0.5, 0.6) is 0 Å². The number of rotatable bonds is 3. The number of nitrogens with one attached hydrogen (secondary N) is 1. The molecule has 0 unspecified atom stereocenters. The normalized spacial score (nSPS) is 8.83. The van der Waals surface area contributed by atoms with Gasteiger partial charge in [-0.15, -0.1) is 12.4 Å². The summed E-state index contributed by atoms with van der Waals surface area (Å²) in [4.78, 5) is 4.10. The Balaban J connectivity index is 0.00000121. The summed E-state index contributed by atoms with van der Waals surface area (Å²) in [7, 11) is 0. The molecule has 1 aromatic heterocycles. The van der Waals surface area contributed by atoms with Crippen molar-refractivity contribution in [1.82, 2.24) is 4.98 Å². The molecule has 0 saturated heterocycles. The fourth-order valence-corrected chi connectivity index (χ4v) is 0.915. The van der Waals surface area contributed by atoms with Crippen LogP contribution in [-0.4, -0.2) is 18.1 Å². The highest BCUT2D eigenvalue weighted by molar-refractivity contribution is 9.10. The first-order valence-electron chi connectivity index (χ1n) is 3.38. The van der Waals surface area contributed by atoms with E-state index < -0.39 is 0 Å². The fourth-order valence-electron chi connectivity index (χ4n) is 0.681. The second-order valence-electron chi connectivity index (χ2n) is 2.08. The highest BCUT2D eigenvalue weighted by atomic mass is 79.9. The van der Waals surface area contributed by atoms with Crippen molar-refractivity contribution in [3.63, 3.8) is 0 Å². The second kappa shape index (κ2) is 6.22. The van der Waals surface area contributed by atoms with Gasteiger partial charge in [0.1, 0.15) is 5.82 Å². The van der Waals surface area contributed by atoms with E-state index in [1.54, 1.807) is 6.20 Å². The molecule has 0 aromatic carbocycles. The minimum atomic E-state index is 0. The maximum atomic E-state index is 5.31. The van der Waals surface area contributed by atoms with Gasteiger partial charge in [0, 0.05) is 23.8 Å². The predicted octanol–water partition coefficient (Wildman–Crippen LogP) is 1.64. The Bertz CT molecular complexity index is 214. The smallest absolute Gasteiger partial charge is 0.126 e. The average Bonchev–Trinajstić information content (AvgIpc) is 2.04. The molecule has 3 N–H and O–H groups in total. The molecule has 0 aliphatic rings. The van der Waals surface area contributed by atoms with Gasteiger partial charge in [-0.1, -0.05) is 0 Å². The maximum Gasteiger partial charge on any atom is 0.126 e. The molecule has 1 aromatic rings. The lowest BCUT2D eigenvalue weighted by Crippen LogP contribution is -2.13. The van der Waals surface area contributed by atoms with Crippen molar-refractivity contribution < 1.29 is 0 Å². The molecule has 0 amide bonds. The van der Waals surface area contributed by atoms with Crippen LogP contribution in [0.15, 0.2) is 22.8 Å². The molecule has 0 fully saturated rings. The van der Waals surface area contributed by atoms with Crippen molar-refractivity contribution in [3.05, 3.63) is 22.8 Å². The number of nitrogens with two attached hydrogens (primary N) is 1. The summed E-state index contributed by atoms with van der Waals surface area (Å²) in [6.45, 7) is 1.38. The van der Waals surface area contributed by atoms with Gasteiger partial charge in [0.2, 0.25) is 0 Å². The minimum Gasteiger partial charge on any atom is -0.369 e. The predicted molar refractivity (Wildman–Crippen MR) is 56.7 cm³/mol. The molecule has 0 saturated carbocycles. The fraction of sp³-hybridized carbons (Fsp3) is 0.286. The Morgan fingerprint density at radius 2 is 2.25 bits per heavy atom. The van der Waals surface area contributed by atoms with Crippen LogP contribution in [-0.2, 0) is 0 Å². The van der Waals surface area contributed by atoms with E-state index in [2.05, 4.69) is 26.2 Å². The van der Waals surface area contributed by atoms with Gasteiger partial charge in [-0.05, 0) is 28.1 Å². The van der Waals surface area contributed by atoms with E-state index in [0.717, 1.165) is 16.8 Å². The lowest BCUT2D eigenvalue weighted by molar-refractivity contribution is 1.01. The zero-order chi connectivity index (χ0) is 8.10. The van der Waals surface area contributed by atoms with Gasteiger partial charge in [0.15, 0.2) is 0 Å². The van der Waals surface area contributed by atoms with Crippen LogP contribution in [0.3, 0.4) is 0 Å². The third-order valence-corrected chi connectivity index (χ3v) is 1.65. The monoisotopic (exact) mass is 251 g/mol. The van der Waals surface area contributed by atoms with E-state index in [9.17, 15) is 0 Å². The molecule has 5 heteroatoms. The summed E-state index contributed by atoms with van der Waals surface area (Å²) in [5.74, 6) is 0.860. The Hall–Kier alpha value is -0.320. The van der Waals surface area contributed by atoms with Gasteiger partial charge < -0.3 is 11.1 Å². The first-order chi connectivity index (χ1) is 5.33. The molecule has 1 rings (SSSR count). The van der Waals surface area contributed by atoms with Gasteiger partial charge in [-0.3, -0.25) is 0 Å². The molecular formula is C7H11BrClN3. The van der Waals surface area contributed by atoms with Crippen LogP contribution < -0.4 is 11.1 Å². The molecule has 0 aliphatic carbocycles. The zero-order valence-corrected chi connectivity index (χ0v) is 8.86. The molecular weight excluding hydrogens is 241 g/mol. The Morgan fingerprint density at radius 1 is 1.50 bits per heavy atom. The van der Waals surface area contributed by atoms with Gasteiger partial charge in [0.25, 0.3) is 0 Å². The summed E-state index contributed by atoms with van der Waals surface area (Å²) in [6.07, 6.45) is 1.75. The standard InChI is InChI=1S/C7H10BrN3.ClH/c8-6-1-2-7(11-5-6)10-4-3-9;/h1-2,5H,3-4,9H2,(H,10,11);1H. The van der Waals surface area contributed by atoms with Crippen LogP contribution in [0, 0.1) is 0 Å². The number of hydrogen-bond acceptors (Lipinski definition) is 3. The summed E-state index contributed by atoms with van der Waals surface area (Å²) >= 11 is 3.30. The second-order valence-corrected chi connectivity index (χ2v) is 2.99. The summed E-state index contributed by atoms with van der Waals surface area (Å²) in [6, 6.07) is 3.84. The van der Waals surface area contributed by atoms with Gasteiger partial charge in [-0.25, -0.2) is 4.98 Å². The van der Waals surface area contributed by atoms with Crippen molar-refractivity contribution in [1.29, 1.82) is 0 Å². The molecule has 0 aliphatic heterocycles. The first-order valence-corrected chi connectivity index (χ1v) is 4.17. The molecule has 12 heavy (non-hydrogen) atoms. The number of halogens is 2. The Labute approximate surface area is 86.3 Å². The minimum absolute atomic E-state index is 0. The lowest BCUT2D eigenvalue weighted by atomic mass is 10.4. The maximum absolute atomic E-state index is 5.31. The largest absolute Gasteiger partial charge is 0.369 e. The number of pyridine rings is 1. The van der Waals surface area contributed by atoms with Crippen molar-refractivity contribution in [3.8, 4) is 0 Å². The van der Waals surface area contributed by atoms with Gasteiger partial charge in [0.05, 0.1) is 0 Å². The molecule has 1 heterocycles. The van der Waals surface area contributed by atoms with Crippen LogP contribution in [0.4, 0.5) is 5.82 Å². The SMILES string of the molecule is Cl.NCCNc1ccc(Br)cn1. The number of nitrogens with zero attached hydrogens (tertiary/aromatic N) is 1. The van der Waals surface area contributed by atoms with Gasteiger partial charge >= 0.3 is 0 Å². The summed E-state index contributed by atoms with van der Waals surface area (Å²) in [5.41, 5.74) is 5.31. The van der Waals surface area contributed by atoms with Crippen LogP contribution in [0.2, 0.25) is 0 Å². The average molecular weight is 253 g/mol. The third-order valence-electron chi connectivity index (χ3n) is 1.18. The van der Waals surface area contributed by atoms with E-state index in [4.69, 9.17) is 5.73 Å². The Kier molecular flexibility index (Phi) is 6.06. The summed E-state index contributed by atoms with van der Waals surface area (Å²) in [5, 5.41) is 3.06. The van der Waals surface area contributed by atoms with E-state index >= 15 is 0 Å². The molecule has 3 nitrogen and oxygen atoms in total. The number of hydrogen-bond donors (Lipinski definition) is 2. The van der Waals surface area contributed by atoms with E-state index in [1.165, 1.54) is 0 Å². The van der Waals surface area contributed by atoms with Crippen molar-refractivity contribution >= 4 is 34.2 Å². The van der Waals surface area contributed by atoms with E-state index in [-0.39, 0.29) is 12.4 Å². The molecule has 0 radical (unpaired) electrons. The van der Waals surface area contributed by atoms with E-state index in [0.29, 0.717) is 6.54 Å². The molecule has 0 atom stereocenters. The highest BCUT2D eigenvalue weighted by Crippen LogP contribution is 2.09.